The second-order valence-corrected chi connectivity index (χ2v) is 4.13. The molecule has 0 rings (SSSR count). The largest absolute Gasteiger partial charge is 0.328 e. The van der Waals surface area contributed by atoms with Crippen LogP contribution >= 0.6 is 0 Å². The normalized spacial score (nSPS) is 15.7. The summed E-state index contributed by atoms with van der Waals surface area (Å²) in [5.74, 6) is 0. The van der Waals surface area contributed by atoms with Crippen molar-refractivity contribution in [3.05, 3.63) is 0 Å². The summed E-state index contributed by atoms with van der Waals surface area (Å²) < 4.78 is 0. The third kappa shape index (κ3) is 9.84. The monoisotopic (exact) mass is 186 g/mol. The summed E-state index contributed by atoms with van der Waals surface area (Å²) in [6, 6.07) is 0.889. The van der Waals surface area contributed by atoms with Crippen LogP contribution in [-0.2, 0) is 0 Å². The number of nitrogens with one attached hydrogen (secondary N) is 1. The maximum atomic E-state index is 5.71. The molecule has 0 spiro atoms. The second-order valence-electron chi connectivity index (χ2n) is 4.13. The van der Waals surface area contributed by atoms with Gasteiger partial charge in [-0.25, -0.2) is 0 Å². The molecule has 2 atom stereocenters. The molecular weight excluding hydrogens is 160 g/mol. The molecule has 0 saturated carbocycles. The average molecular weight is 186 g/mol. The molecular formula is C11H26N2. The highest BCUT2D eigenvalue weighted by Gasteiger charge is 2.02. The fourth-order valence-corrected chi connectivity index (χ4v) is 1.54. The van der Waals surface area contributed by atoms with Gasteiger partial charge in [0.1, 0.15) is 0 Å². The molecule has 0 aromatic carbocycles. The lowest BCUT2D eigenvalue weighted by Crippen LogP contribution is -2.32. The van der Waals surface area contributed by atoms with E-state index in [-0.39, 0.29) is 0 Å². The Kier molecular flexibility index (Phi) is 8.46. The SMILES string of the molecule is CCCCCCNC(C)CC(C)N. The van der Waals surface area contributed by atoms with Crippen LogP contribution in [0.5, 0.6) is 0 Å². The first-order valence-corrected chi connectivity index (χ1v) is 5.65. The van der Waals surface area contributed by atoms with Crippen LogP contribution in [0.4, 0.5) is 0 Å². The molecule has 13 heavy (non-hydrogen) atoms. The molecule has 0 radical (unpaired) electrons. The van der Waals surface area contributed by atoms with E-state index in [4.69, 9.17) is 5.73 Å². The van der Waals surface area contributed by atoms with Crippen molar-refractivity contribution < 1.29 is 0 Å². The van der Waals surface area contributed by atoms with Gasteiger partial charge in [-0.2, -0.15) is 0 Å². The maximum absolute atomic E-state index is 5.71. The number of hydrogen-bond donors (Lipinski definition) is 2. The van der Waals surface area contributed by atoms with Gasteiger partial charge in [0.2, 0.25) is 0 Å². The van der Waals surface area contributed by atoms with Crippen LogP contribution in [0, 0.1) is 0 Å². The van der Waals surface area contributed by atoms with Crippen molar-refractivity contribution in [2.24, 2.45) is 5.73 Å². The van der Waals surface area contributed by atoms with Gasteiger partial charge in [-0.3, -0.25) is 0 Å². The summed E-state index contributed by atoms with van der Waals surface area (Å²) in [5, 5.41) is 3.49. The topological polar surface area (TPSA) is 38.0 Å². The Morgan fingerprint density at radius 1 is 1.15 bits per heavy atom. The molecule has 0 aromatic rings. The molecule has 0 aliphatic rings. The van der Waals surface area contributed by atoms with Crippen LogP contribution in [0.1, 0.15) is 52.9 Å². The summed E-state index contributed by atoms with van der Waals surface area (Å²) in [5.41, 5.74) is 5.71. The highest BCUT2D eigenvalue weighted by molar-refractivity contribution is 4.66. The predicted octanol–water partition coefficient (Wildman–Crippen LogP) is 2.28. The summed E-state index contributed by atoms with van der Waals surface area (Å²) in [6.07, 6.45) is 6.41. The van der Waals surface area contributed by atoms with Crippen LogP contribution in [0.2, 0.25) is 0 Å². The quantitative estimate of drug-likeness (QED) is 0.571. The number of hydrogen-bond acceptors (Lipinski definition) is 2. The minimum absolute atomic E-state index is 0.318. The minimum atomic E-state index is 0.318. The van der Waals surface area contributed by atoms with Crippen LogP contribution in [0.3, 0.4) is 0 Å². The fraction of sp³-hybridized carbons (Fsp3) is 1.00. The Morgan fingerprint density at radius 2 is 1.85 bits per heavy atom. The van der Waals surface area contributed by atoms with E-state index in [9.17, 15) is 0 Å². The van der Waals surface area contributed by atoms with E-state index in [2.05, 4.69) is 26.1 Å². The van der Waals surface area contributed by atoms with E-state index in [0.717, 1.165) is 13.0 Å². The van der Waals surface area contributed by atoms with Crippen molar-refractivity contribution in [3.8, 4) is 0 Å². The Balaban J connectivity index is 3.12. The highest BCUT2D eigenvalue weighted by Crippen LogP contribution is 1.99. The van der Waals surface area contributed by atoms with E-state index in [1.165, 1.54) is 25.7 Å². The number of unbranched alkanes of at least 4 members (excludes halogenated alkanes) is 3. The van der Waals surface area contributed by atoms with E-state index in [0.29, 0.717) is 12.1 Å². The number of nitrogens with two attached hydrogens (primary N) is 1. The highest BCUT2D eigenvalue weighted by atomic mass is 14.9. The summed E-state index contributed by atoms with van der Waals surface area (Å²) >= 11 is 0. The predicted molar refractivity (Wildman–Crippen MR) is 59.9 cm³/mol. The van der Waals surface area contributed by atoms with Gasteiger partial charge in [0.15, 0.2) is 0 Å². The van der Waals surface area contributed by atoms with Crippen molar-refractivity contribution in [3.63, 3.8) is 0 Å². The Labute approximate surface area is 83.3 Å². The Hall–Kier alpha value is -0.0800. The molecule has 80 valence electrons. The van der Waals surface area contributed by atoms with Gasteiger partial charge in [-0.15, -0.1) is 0 Å². The Morgan fingerprint density at radius 3 is 2.38 bits per heavy atom. The molecule has 0 fully saturated rings. The molecule has 0 heterocycles. The summed E-state index contributed by atoms with van der Waals surface area (Å²) in [7, 11) is 0. The average Bonchev–Trinajstić information content (AvgIpc) is 2.02. The van der Waals surface area contributed by atoms with E-state index in [1.807, 2.05) is 0 Å². The van der Waals surface area contributed by atoms with Crippen LogP contribution in [-0.4, -0.2) is 18.6 Å². The van der Waals surface area contributed by atoms with Gasteiger partial charge in [0.05, 0.1) is 0 Å². The first-order chi connectivity index (χ1) is 6.16. The Bertz CT molecular complexity index is 102. The van der Waals surface area contributed by atoms with Crippen molar-refractivity contribution >= 4 is 0 Å². The lowest BCUT2D eigenvalue weighted by atomic mass is 10.1. The molecule has 3 N–H and O–H groups in total. The van der Waals surface area contributed by atoms with Gasteiger partial charge in [-0.1, -0.05) is 26.2 Å². The zero-order valence-corrected chi connectivity index (χ0v) is 9.47. The van der Waals surface area contributed by atoms with Crippen molar-refractivity contribution in [1.82, 2.24) is 5.32 Å². The fourth-order valence-electron chi connectivity index (χ4n) is 1.54. The molecule has 2 nitrogen and oxygen atoms in total. The molecule has 0 aromatic heterocycles. The molecule has 2 heteroatoms. The zero-order valence-electron chi connectivity index (χ0n) is 9.47. The van der Waals surface area contributed by atoms with Gasteiger partial charge < -0.3 is 11.1 Å². The van der Waals surface area contributed by atoms with Crippen LogP contribution in [0.15, 0.2) is 0 Å². The third-order valence-corrected chi connectivity index (χ3v) is 2.25. The minimum Gasteiger partial charge on any atom is -0.328 e. The van der Waals surface area contributed by atoms with Crippen molar-refractivity contribution in [2.75, 3.05) is 6.54 Å². The van der Waals surface area contributed by atoms with Crippen molar-refractivity contribution in [2.45, 2.75) is 65.0 Å². The molecule has 0 bridgehead atoms. The van der Waals surface area contributed by atoms with E-state index >= 15 is 0 Å². The maximum Gasteiger partial charge on any atom is 0.00533 e. The zero-order chi connectivity index (χ0) is 10.1. The third-order valence-electron chi connectivity index (χ3n) is 2.25. The van der Waals surface area contributed by atoms with E-state index < -0.39 is 0 Å². The molecule has 0 aliphatic carbocycles. The number of rotatable bonds is 8. The van der Waals surface area contributed by atoms with Gasteiger partial charge in [0.25, 0.3) is 0 Å². The summed E-state index contributed by atoms with van der Waals surface area (Å²) in [4.78, 5) is 0. The lowest BCUT2D eigenvalue weighted by Gasteiger charge is -2.15. The standard InChI is InChI=1S/C11H26N2/c1-4-5-6-7-8-13-11(3)9-10(2)12/h10-11,13H,4-9,12H2,1-3H3. The van der Waals surface area contributed by atoms with Gasteiger partial charge in [0, 0.05) is 12.1 Å². The van der Waals surface area contributed by atoms with Crippen molar-refractivity contribution in [1.29, 1.82) is 0 Å². The van der Waals surface area contributed by atoms with Crippen LogP contribution in [0.25, 0.3) is 0 Å². The lowest BCUT2D eigenvalue weighted by molar-refractivity contribution is 0.465. The smallest absolute Gasteiger partial charge is 0.00533 e. The second kappa shape index (κ2) is 8.52. The summed E-state index contributed by atoms with van der Waals surface area (Å²) in [6.45, 7) is 7.67. The van der Waals surface area contributed by atoms with Gasteiger partial charge in [-0.05, 0) is 33.2 Å². The van der Waals surface area contributed by atoms with Crippen LogP contribution < -0.4 is 11.1 Å². The molecule has 0 amide bonds. The van der Waals surface area contributed by atoms with Gasteiger partial charge >= 0.3 is 0 Å². The molecule has 0 saturated heterocycles. The first-order valence-electron chi connectivity index (χ1n) is 5.65. The first kappa shape index (κ1) is 12.9. The van der Waals surface area contributed by atoms with E-state index in [1.54, 1.807) is 0 Å². The molecule has 2 unspecified atom stereocenters. The molecule has 0 aliphatic heterocycles.